The predicted molar refractivity (Wildman–Crippen MR) is 84.3 cm³/mol. The third kappa shape index (κ3) is 3.55. The second-order valence-electron chi connectivity index (χ2n) is 6.41. The average Bonchev–Trinajstić information content (AvgIpc) is 3.04. The highest BCUT2D eigenvalue weighted by Gasteiger charge is 2.38. The maximum atomic E-state index is 13.8. The van der Waals surface area contributed by atoms with Gasteiger partial charge in [-0.15, -0.1) is 0 Å². The Hall–Kier alpha value is -1.48. The van der Waals surface area contributed by atoms with Crippen LogP contribution in [0, 0.1) is 23.1 Å². The van der Waals surface area contributed by atoms with Crippen molar-refractivity contribution in [2.75, 3.05) is 26.9 Å². The van der Waals surface area contributed by atoms with Crippen LogP contribution in [-0.2, 0) is 16.0 Å². The van der Waals surface area contributed by atoms with Gasteiger partial charge in [0.05, 0.1) is 24.9 Å². The van der Waals surface area contributed by atoms with Crippen molar-refractivity contribution in [3.63, 3.8) is 0 Å². The molecule has 4 nitrogen and oxygen atoms in total. The van der Waals surface area contributed by atoms with Gasteiger partial charge in [0.2, 0.25) is 0 Å². The minimum Gasteiger partial charge on any atom is -0.381 e. The SMILES string of the molecule is CO[C@@H]1CCC[C@@H]1[C@@H]1COCCN1Cc1ccc(C#N)c(F)c1. The first kappa shape index (κ1) is 16.4. The highest BCUT2D eigenvalue weighted by atomic mass is 19.1. The molecule has 0 aromatic heterocycles. The molecule has 2 fully saturated rings. The molecule has 5 heteroatoms. The number of nitriles is 1. The van der Waals surface area contributed by atoms with E-state index in [0.717, 1.165) is 24.9 Å². The zero-order chi connectivity index (χ0) is 16.2. The molecule has 3 atom stereocenters. The summed E-state index contributed by atoms with van der Waals surface area (Å²) >= 11 is 0. The van der Waals surface area contributed by atoms with Crippen LogP contribution in [0.1, 0.15) is 30.4 Å². The predicted octanol–water partition coefficient (Wildman–Crippen LogP) is 2.71. The lowest BCUT2D eigenvalue weighted by Gasteiger charge is -2.40. The summed E-state index contributed by atoms with van der Waals surface area (Å²) in [7, 11) is 1.78. The van der Waals surface area contributed by atoms with Crippen molar-refractivity contribution < 1.29 is 13.9 Å². The molecule has 1 aliphatic heterocycles. The summed E-state index contributed by atoms with van der Waals surface area (Å²) in [5.41, 5.74) is 1.00. The standard InChI is InChI=1S/C18H23FN2O2/c1-22-18-4-2-3-15(18)17-12-23-8-7-21(17)11-13-5-6-14(10-20)16(19)9-13/h5-6,9,15,17-18H,2-4,7-8,11-12H2,1H3/t15-,17+,18-/m1/s1. The molecule has 0 unspecified atom stereocenters. The molecule has 0 amide bonds. The van der Waals surface area contributed by atoms with Crippen molar-refractivity contribution in [2.45, 2.75) is 38.0 Å². The Labute approximate surface area is 136 Å². The van der Waals surface area contributed by atoms with E-state index in [2.05, 4.69) is 4.90 Å². The van der Waals surface area contributed by atoms with Gasteiger partial charge < -0.3 is 9.47 Å². The van der Waals surface area contributed by atoms with Gasteiger partial charge in [-0.3, -0.25) is 4.90 Å². The first-order valence-electron chi connectivity index (χ1n) is 8.26. The number of nitrogens with zero attached hydrogens (tertiary/aromatic N) is 2. The van der Waals surface area contributed by atoms with E-state index in [-0.39, 0.29) is 5.56 Å². The lowest BCUT2D eigenvalue weighted by atomic mass is 9.93. The molecular formula is C18H23FN2O2. The molecule has 2 aliphatic rings. The van der Waals surface area contributed by atoms with E-state index in [9.17, 15) is 4.39 Å². The summed E-state index contributed by atoms with van der Waals surface area (Å²) in [6.45, 7) is 2.95. The van der Waals surface area contributed by atoms with Crippen LogP contribution in [0.5, 0.6) is 0 Å². The largest absolute Gasteiger partial charge is 0.381 e. The van der Waals surface area contributed by atoms with Gasteiger partial charge in [0.25, 0.3) is 0 Å². The second kappa shape index (κ2) is 7.39. The maximum absolute atomic E-state index is 13.8. The van der Waals surface area contributed by atoms with Crippen LogP contribution in [0.25, 0.3) is 0 Å². The Balaban J connectivity index is 1.74. The van der Waals surface area contributed by atoms with Crippen molar-refractivity contribution in [2.24, 2.45) is 5.92 Å². The van der Waals surface area contributed by atoms with Crippen LogP contribution in [0.15, 0.2) is 18.2 Å². The number of rotatable bonds is 4. The highest BCUT2D eigenvalue weighted by molar-refractivity contribution is 5.33. The van der Waals surface area contributed by atoms with Gasteiger partial charge in [-0.05, 0) is 30.5 Å². The third-order valence-electron chi connectivity index (χ3n) is 5.12. The van der Waals surface area contributed by atoms with Gasteiger partial charge in [0.15, 0.2) is 0 Å². The van der Waals surface area contributed by atoms with Gasteiger partial charge in [-0.25, -0.2) is 4.39 Å². The van der Waals surface area contributed by atoms with Crippen LogP contribution in [0.3, 0.4) is 0 Å². The minimum absolute atomic E-state index is 0.0996. The topological polar surface area (TPSA) is 45.5 Å². The number of hydrogen-bond acceptors (Lipinski definition) is 4. The van der Waals surface area contributed by atoms with E-state index in [1.165, 1.54) is 12.5 Å². The monoisotopic (exact) mass is 318 g/mol. The molecule has 1 aromatic rings. The molecule has 3 rings (SSSR count). The van der Waals surface area contributed by atoms with E-state index in [0.29, 0.717) is 37.8 Å². The molecule has 0 bridgehead atoms. The summed E-state index contributed by atoms with van der Waals surface area (Å²) in [6, 6.07) is 7.07. The Morgan fingerprint density at radius 3 is 3.04 bits per heavy atom. The van der Waals surface area contributed by atoms with Crippen molar-refractivity contribution in [1.82, 2.24) is 4.90 Å². The van der Waals surface area contributed by atoms with Crippen LogP contribution >= 0.6 is 0 Å². The van der Waals surface area contributed by atoms with Crippen molar-refractivity contribution in [3.8, 4) is 6.07 Å². The summed E-state index contributed by atoms with van der Waals surface area (Å²) < 4.78 is 25.2. The second-order valence-corrected chi connectivity index (χ2v) is 6.41. The van der Waals surface area contributed by atoms with Crippen LogP contribution in [0.2, 0.25) is 0 Å². The molecule has 23 heavy (non-hydrogen) atoms. The summed E-state index contributed by atoms with van der Waals surface area (Å²) in [6.07, 6.45) is 3.75. The fourth-order valence-electron chi connectivity index (χ4n) is 3.92. The maximum Gasteiger partial charge on any atom is 0.141 e. The average molecular weight is 318 g/mol. The zero-order valence-electron chi connectivity index (χ0n) is 13.5. The van der Waals surface area contributed by atoms with Gasteiger partial charge in [-0.1, -0.05) is 12.5 Å². The van der Waals surface area contributed by atoms with Crippen LogP contribution < -0.4 is 0 Å². The smallest absolute Gasteiger partial charge is 0.141 e. The Morgan fingerprint density at radius 1 is 1.43 bits per heavy atom. The summed E-state index contributed by atoms with van der Waals surface area (Å²) in [5.74, 6) is 0.0361. The molecule has 1 saturated carbocycles. The Kier molecular flexibility index (Phi) is 5.27. The molecule has 1 aromatic carbocycles. The molecule has 124 valence electrons. The fraction of sp³-hybridized carbons (Fsp3) is 0.611. The zero-order valence-corrected chi connectivity index (χ0v) is 13.5. The van der Waals surface area contributed by atoms with Crippen LogP contribution in [0.4, 0.5) is 4.39 Å². The van der Waals surface area contributed by atoms with E-state index in [4.69, 9.17) is 14.7 Å². The van der Waals surface area contributed by atoms with E-state index in [1.807, 2.05) is 12.1 Å². The van der Waals surface area contributed by atoms with Crippen molar-refractivity contribution in [1.29, 1.82) is 5.26 Å². The molecule has 0 N–H and O–H groups in total. The van der Waals surface area contributed by atoms with E-state index >= 15 is 0 Å². The molecule has 0 spiro atoms. The molecule has 1 heterocycles. The number of hydrogen-bond donors (Lipinski definition) is 0. The Morgan fingerprint density at radius 2 is 2.30 bits per heavy atom. The van der Waals surface area contributed by atoms with Crippen molar-refractivity contribution >= 4 is 0 Å². The fourth-order valence-corrected chi connectivity index (χ4v) is 3.92. The molecule has 0 radical (unpaired) electrons. The molecule has 1 saturated heterocycles. The molecular weight excluding hydrogens is 295 g/mol. The van der Waals surface area contributed by atoms with Gasteiger partial charge in [-0.2, -0.15) is 5.26 Å². The molecule has 1 aliphatic carbocycles. The number of morpholine rings is 1. The number of benzene rings is 1. The summed E-state index contributed by atoms with van der Waals surface area (Å²) in [5, 5.41) is 8.84. The van der Waals surface area contributed by atoms with E-state index in [1.54, 1.807) is 13.2 Å². The first-order valence-corrected chi connectivity index (χ1v) is 8.26. The quantitative estimate of drug-likeness (QED) is 0.856. The minimum atomic E-state index is -0.439. The summed E-state index contributed by atoms with van der Waals surface area (Å²) in [4.78, 5) is 2.38. The first-order chi connectivity index (χ1) is 11.2. The van der Waals surface area contributed by atoms with Crippen molar-refractivity contribution in [3.05, 3.63) is 35.1 Å². The highest BCUT2D eigenvalue weighted by Crippen LogP contribution is 2.34. The normalized spacial score (nSPS) is 28.7. The van der Waals surface area contributed by atoms with Gasteiger partial charge >= 0.3 is 0 Å². The van der Waals surface area contributed by atoms with Gasteiger partial charge in [0, 0.05) is 32.2 Å². The Bertz CT molecular complexity index is 587. The lowest BCUT2D eigenvalue weighted by Crippen LogP contribution is -2.50. The lowest BCUT2D eigenvalue weighted by molar-refractivity contribution is -0.0608. The third-order valence-corrected chi connectivity index (χ3v) is 5.12. The van der Waals surface area contributed by atoms with Gasteiger partial charge in [0.1, 0.15) is 11.9 Å². The number of halogens is 1. The van der Waals surface area contributed by atoms with Crippen LogP contribution in [-0.4, -0.2) is 43.9 Å². The number of methoxy groups -OCH3 is 1. The number of ether oxygens (including phenoxy) is 2. The van der Waals surface area contributed by atoms with E-state index < -0.39 is 5.82 Å².